The molecule has 0 spiro atoms. The summed E-state index contributed by atoms with van der Waals surface area (Å²) in [5, 5.41) is 4.87. The van der Waals surface area contributed by atoms with Crippen LogP contribution in [0.1, 0.15) is 44.4 Å². The quantitative estimate of drug-likeness (QED) is 0.788. The van der Waals surface area contributed by atoms with E-state index in [2.05, 4.69) is 37.6 Å². The van der Waals surface area contributed by atoms with Crippen molar-refractivity contribution in [3.63, 3.8) is 0 Å². The maximum atomic E-state index is 6.21. The molecule has 0 saturated heterocycles. The molecule has 0 saturated carbocycles. The summed E-state index contributed by atoms with van der Waals surface area (Å²) in [6.07, 6.45) is 2.33. The Kier molecular flexibility index (Phi) is 6.47. The summed E-state index contributed by atoms with van der Waals surface area (Å²) in [7, 11) is 0. The van der Waals surface area contributed by atoms with Crippen molar-refractivity contribution in [3.05, 3.63) is 22.4 Å². The summed E-state index contributed by atoms with van der Waals surface area (Å²) in [6.45, 7) is 6.73. The third-order valence-electron chi connectivity index (χ3n) is 2.72. The highest BCUT2D eigenvalue weighted by Gasteiger charge is 2.19. The van der Waals surface area contributed by atoms with Gasteiger partial charge in [-0.1, -0.05) is 20.8 Å². The van der Waals surface area contributed by atoms with E-state index < -0.39 is 0 Å². The summed E-state index contributed by atoms with van der Waals surface area (Å²) in [5.74, 6) is 2.00. The minimum absolute atomic E-state index is 0.284. The SMILES string of the molecule is CCC(N)C(SCCC(C)C)c1ccsc1. The number of thioether (sulfide) groups is 1. The Morgan fingerprint density at radius 3 is 2.69 bits per heavy atom. The lowest BCUT2D eigenvalue weighted by molar-refractivity contribution is 0.618. The summed E-state index contributed by atoms with van der Waals surface area (Å²) in [5.41, 5.74) is 7.62. The molecule has 1 aromatic rings. The molecule has 0 aliphatic heterocycles. The maximum absolute atomic E-state index is 6.21. The highest BCUT2D eigenvalue weighted by Crippen LogP contribution is 2.34. The Balaban J connectivity index is 2.52. The zero-order valence-electron chi connectivity index (χ0n) is 10.5. The van der Waals surface area contributed by atoms with Crippen molar-refractivity contribution in [1.29, 1.82) is 0 Å². The van der Waals surface area contributed by atoms with Crippen LogP contribution in [-0.4, -0.2) is 11.8 Å². The predicted octanol–water partition coefficient (Wildman–Crippen LogP) is 4.31. The molecule has 2 N–H and O–H groups in total. The minimum atomic E-state index is 0.284. The van der Waals surface area contributed by atoms with Crippen molar-refractivity contribution in [2.24, 2.45) is 11.7 Å². The molecule has 0 radical (unpaired) electrons. The van der Waals surface area contributed by atoms with Gasteiger partial charge in [-0.3, -0.25) is 0 Å². The number of thiophene rings is 1. The van der Waals surface area contributed by atoms with Crippen LogP contribution in [0, 0.1) is 5.92 Å². The number of rotatable bonds is 7. The zero-order valence-corrected chi connectivity index (χ0v) is 12.1. The molecule has 16 heavy (non-hydrogen) atoms. The van der Waals surface area contributed by atoms with Crippen molar-refractivity contribution in [2.45, 2.75) is 44.9 Å². The zero-order chi connectivity index (χ0) is 12.0. The van der Waals surface area contributed by atoms with E-state index in [1.807, 2.05) is 11.8 Å². The highest BCUT2D eigenvalue weighted by molar-refractivity contribution is 7.99. The lowest BCUT2D eigenvalue weighted by Gasteiger charge is -2.22. The molecule has 0 aromatic carbocycles. The molecule has 2 unspecified atom stereocenters. The van der Waals surface area contributed by atoms with Gasteiger partial charge in [0.15, 0.2) is 0 Å². The summed E-state index contributed by atoms with van der Waals surface area (Å²) < 4.78 is 0. The third-order valence-corrected chi connectivity index (χ3v) is 4.88. The minimum Gasteiger partial charge on any atom is -0.326 e. The fraction of sp³-hybridized carbons (Fsp3) is 0.692. The van der Waals surface area contributed by atoms with Gasteiger partial charge in [0.2, 0.25) is 0 Å². The normalized spacial score (nSPS) is 15.3. The standard InChI is InChI=1S/C13H23NS2/c1-4-12(14)13(11-6-7-15-9-11)16-8-5-10(2)3/h6-7,9-10,12-13H,4-5,8,14H2,1-3H3. The van der Waals surface area contributed by atoms with Crippen LogP contribution in [0.4, 0.5) is 0 Å². The second kappa shape index (κ2) is 7.36. The summed E-state index contributed by atoms with van der Waals surface area (Å²) in [6, 6.07) is 2.50. The van der Waals surface area contributed by atoms with E-state index in [1.54, 1.807) is 11.3 Å². The van der Waals surface area contributed by atoms with Crippen molar-refractivity contribution in [3.8, 4) is 0 Å². The van der Waals surface area contributed by atoms with Crippen LogP contribution < -0.4 is 5.73 Å². The summed E-state index contributed by atoms with van der Waals surface area (Å²) >= 11 is 3.79. The molecule has 0 amide bonds. The first-order valence-corrected chi connectivity index (χ1v) is 8.03. The molecule has 1 heterocycles. The molecule has 1 aromatic heterocycles. The molecule has 1 nitrogen and oxygen atoms in total. The van der Waals surface area contributed by atoms with E-state index >= 15 is 0 Å². The van der Waals surface area contributed by atoms with Crippen molar-refractivity contribution >= 4 is 23.1 Å². The van der Waals surface area contributed by atoms with Crippen molar-refractivity contribution in [1.82, 2.24) is 0 Å². The Hall–Kier alpha value is 0.01000. The number of hydrogen-bond acceptors (Lipinski definition) is 3. The average Bonchev–Trinajstić information content (AvgIpc) is 2.76. The van der Waals surface area contributed by atoms with Gasteiger partial charge in [0, 0.05) is 11.3 Å². The number of hydrogen-bond donors (Lipinski definition) is 1. The van der Waals surface area contributed by atoms with Gasteiger partial charge in [-0.05, 0) is 46.9 Å². The molecule has 1 rings (SSSR count). The van der Waals surface area contributed by atoms with Crippen molar-refractivity contribution in [2.75, 3.05) is 5.75 Å². The second-order valence-electron chi connectivity index (χ2n) is 4.60. The molecular formula is C13H23NS2. The topological polar surface area (TPSA) is 26.0 Å². The molecule has 0 aliphatic carbocycles. The average molecular weight is 257 g/mol. The Labute approximate surface area is 108 Å². The highest BCUT2D eigenvalue weighted by atomic mass is 32.2. The molecule has 0 fully saturated rings. The monoisotopic (exact) mass is 257 g/mol. The first-order chi connectivity index (χ1) is 7.65. The first kappa shape index (κ1) is 14.1. The van der Waals surface area contributed by atoms with E-state index in [0.717, 1.165) is 12.3 Å². The predicted molar refractivity (Wildman–Crippen MR) is 77.2 cm³/mol. The molecular weight excluding hydrogens is 234 g/mol. The Morgan fingerprint density at radius 2 is 2.19 bits per heavy atom. The van der Waals surface area contributed by atoms with Crippen LogP contribution in [0.5, 0.6) is 0 Å². The van der Waals surface area contributed by atoms with E-state index in [9.17, 15) is 0 Å². The van der Waals surface area contributed by atoms with Crippen LogP contribution in [-0.2, 0) is 0 Å². The van der Waals surface area contributed by atoms with Gasteiger partial charge in [-0.25, -0.2) is 0 Å². The lowest BCUT2D eigenvalue weighted by atomic mass is 10.1. The Bertz CT molecular complexity index is 269. The molecule has 0 bridgehead atoms. The second-order valence-corrected chi connectivity index (χ2v) is 6.63. The van der Waals surface area contributed by atoms with Gasteiger partial charge in [-0.15, -0.1) is 0 Å². The molecule has 3 heteroatoms. The molecule has 2 atom stereocenters. The van der Waals surface area contributed by atoms with Crippen LogP contribution in [0.25, 0.3) is 0 Å². The van der Waals surface area contributed by atoms with Crippen LogP contribution >= 0.6 is 23.1 Å². The third kappa shape index (κ3) is 4.48. The van der Waals surface area contributed by atoms with Gasteiger partial charge < -0.3 is 5.73 Å². The van der Waals surface area contributed by atoms with Gasteiger partial charge in [0.1, 0.15) is 0 Å². The van der Waals surface area contributed by atoms with Gasteiger partial charge in [-0.2, -0.15) is 23.1 Å². The van der Waals surface area contributed by atoms with Crippen LogP contribution in [0.15, 0.2) is 16.8 Å². The van der Waals surface area contributed by atoms with Gasteiger partial charge >= 0.3 is 0 Å². The molecule has 92 valence electrons. The smallest absolute Gasteiger partial charge is 0.0456 e. The fourth-order valence-electron chi connectivity index (χ4n) is 1.55. The Morgan fingerprint density at radius 1 is 1.44 bits per heavy atom. The van der Waals surface area contributed by atoms with Crippen molar-refractivity contribution < 1.29 is 0 Å². The van der Waals surface area contributed by atoms with Crippen LogP contribution in [0.3, 0.4) is 0 Å². The van der Waals surface area contributed by atoms with E-state index in [1.165, 1.54) is 17.7 Å². The fourth-order valence-corrected chi connectivity index (χ4v) is 3.97. The summed E-state index contributed by atoms with van der Waals surface area (Å²) in [4.78, 5) is 0. The van der Waals surface area contributed by atoms with E-state index in [4.69, 9.17) is 5.73 Å². The van der Waals surface area contributed by atoms with E-state index in [-0.39, 0.29) is 6.04 Å². The van der Waals surface area contributed by atoms with E-state index in [0.29, 0.717) is 5.25 Å². The maximum Gasteiger partial charge on any atom is 0.0456 e. The largest absolute Gasteiger partial charge is 0.326 e. The van der Waals surface area contributed by atoms with Gasteiger partial charge in [0.25, 0.3) is 0 Å². The lowest BCUT2D eigenvalue weighted by Crippen LogP contribution is -2.25. The molecule has 0 aliphatic rings. The van der Waals surface area contributed by atoms with Crippen LogP contribution in [0.2, 0.25) is 0 Å². The van der Waals surface area contributed by atoms with Gasteiger partial charge in [0.05, 0.1) is 0 Å². The number of nitrogens with two attached hydrogens (primary N) is 1. The first-order valence-electron chi connectivity index (χ1n) is 6.04.